The number of aliphatic hydroxyl groups excluding tert-OH is 1. The van der Waals surface area contributed by atoms with Crippen molar-refractivity contribution in [2.75, 3.05) is 13.1 Å². The predicted octanol–water partition coefficient (Wildman–Crippen LogP) is 2.45. The summed E-state index contributed by atoms with van der Waals surface area (Å²) >= 11 is 0. The van der Waals surface area contributed by atoms with Gasteiger partial charge in [-0.25, -0.2) is 0 Å². The summed E-state index contributed by atoms with van der Waals surface area (Å²) < 4.78 is 0. The monoisotopic (exact) mass is 233 g/mol. The van der Waals surface area contributed by atoms with Crippen LogP contribution in [0.2, 0.25) is 0 Å². The van der Waals surface area contributed by atoms with Crippen LogP contribution in [0.4, 0.5) is 0 Å². The number of aliphatic hydroxyl groups is 1. The van der Waals surface area contributed by atoms with E-state index in [-0.39, 0.29) is 6.10 Å². The smallest absolute Gasteiger partial charge is 0.0690 e. The van der Waals surface area contributed by atoms with Crippen molar-refractivity contribution < 1.29 is 5.11 Å². The van der Waals surface area contributed by atoms with Gasteiger partial charge in [0.2, 0.25) is 0 Å². The van der Waals surface area contributed by atoms with Crippen molar-refractivity contribution >= 4 is 0 Å². The van der Waals surface area contributed by atoms with Gasteiger partial charge in [-0.05, 0) is 36.4 Å². The molecule has 1 aliphatic heterocycles. The molecule has 0 spiro atoms. The van der Waals surface area contributed by atoms with Gasteiger partial charge in [0.1, 0.15) is 0 Å². The van der Waals surface area contributed by atoms with E-state index >= 15 is 0 Å². The second-order valence-electron chi connectivity index (χ2n) is 5.42. The highest BCUT2D eigenvalue weighted by atomic mass is 16.3. The third-order valence-electron chi connectivity index (χ3n) is 3.65. The summed E-state index contributed by atoms with van der Waals surface area (Å²) in [5, 5.41) is 9.98. The van der Waals surface area contributed by atoms with Gasteiger partial charge in [-0.2, -0.15) is 0 Å². The van der Waals surface area contributed by atoms with Crippen LogP contribution in [0.1, 0.15) is 31.4 Å². The molecular weight excluding hydrogens is 210 g/mol. The first kappa shape index (κ1) is 12.6. The number of hydrogen-bond donors (Lipinski definition) is 1. The molecule has 0 radical (unpaired) electrons. The van der Waals surface area contributed by atoms with E-state index in [0.29, 0.717) is 5.92 Å². The van der Waals surface area contributed by atoms with Crippen molar-refractivity contribution in [3.05, 3.63) is 35.4 Å². The van der Waals surface area contributed by atoms with E-state index in [1.165, 1.54) is 24.0 Å². The Morgan fingerprint density at radius 2 is 1.94 bits per heavy atom. The number of benzene rings is 1. The van der Waals surface area contributed by atoms with E-state index in [4.69, 9.17) is 0 Å². The SMILES string of the molecule is CC(C)C(O)CN1CCCc2ccccc2C1. The molecular formula is C15H23NO. The van der Waals surface area contributed by atoms with Gasteiger partial charge in [0.25, 0.3) is 0 Å². The molecule has 0 aromatic heterocycles. The van der Waals surface area contributed by atoms with E-state index in [1.54, 1.807) is 0 Å². The van der Waals surface area contributed by atoms with Crippen LogP contribution in [-0.4, -0.2) is 29.2 Å². The van der Waals surface area contributed by atoms with Gasteiger partial charge >= 0.3 is 0 Å². The number of nitrogens with zero attached hydrogens (tertiary/aromatic N) is 1. The maximum Gasteiger partial charge on any atom is 0.0690 e. The molecule has 0 amide bonds. The van der Waals surface area contributed by atoms with E-state index < -0.39 is 0 Å². The lowest BCUT2D eigenvalue weighted by Gasteiger charge is -2.25. The van der Waals surface area contributed by atoms with Crippen LogP contribution in [0.5, 0.6) is 0 Å². The number of aryl methyl sites for hydroxylation is 1. The molecule has 1 aliphatic rings. The Labute approximate surface area is 104 Å². The molecule has 0 bridgehead atoms. The normalized spacial score (nSPS) is 18.8. The molecule has 2 heteroatoms. The van der Waals surface area contributed by atoms with E-state index in [9.17, 15) is 5.11 Å². The quantitative estimate of drug-likeness (QED) is 0.867. The summed E-state index contributed by atoms with van der Waals surface area (Å²) in [5.74, 6) is 0.341. The fourth-order valence-electron chi connectivity index (χ4n) is 2.40. The minimum Gasteiger partial charge on any atom is -0.392 e. The van der Waals surface area contributed by atoms with Crippen LogP contribution in [-0.2, 0) is 13.0 Å². The lowest BCUT2D eigenvalue weighted by Crippen LogP contribution is -2.34. The van der Waals surface area contributed by atoms with Crippen LogP contribution in [0.25, 0.3) is 0 Å². The number of rotatable bonds is 3. The highest BCUT2D eigenvalue weighted by Gasteiger charge is 2.18. The third kappa shape index (κ3) is 3.30. The highest BCUT2D eigenvalue weighted by Crippen LogP contribution is 2.19. The molecule has 0 saturated heterocycles. The second kappa shape index (κ2) is 5.65. The molecule has 17 heavy (non-hydrogen) atoms. The zero-order valence-electron chi connectivity index (χ0n) is 10.9. The van der Waals surface area contributed by atoms with Crippen LogP contribution < -0.4 is 0 Å². The van der Waals surface area contributed by atoms with E-state index in [1.807, 2.05) is 0 Å². The van der Waals surface area contributed by atoms with Gasteiger partial charge in [-0.1, -0.05) is 38.1 Å². The standard InChI is InChI=1S/C15H23NO/c1-12(2)15(17)11-16-9-5-8-13-6-3-4-7-14(13)10-16/h3-4,6-7,12,15,17H,5,8-11H2,1-2H3. The van der Waals surface area contributed by atoms with Gasteiger partial charge < -0.3 is 5.11 Å². The summed E-state index contributed by atoms with van der Waals surface area (Å²) in [4.78, 5) is 2.39. The number of fused-ring (bicyclic) bond motifs is 1. The molecule has 1 aromatic rings. The Bertz CT molecular complexity index is 362. The first-order chi connectivity index (χ1) is 8.16. The highest BCUT2D eigenvalue weighted by molar-refractivity contribution is 5.28. The fourth-order valence-corrected chi connectivity index (χ4v) is 2.40. The van der Waals surface area contributed by atoms with Crippen molar-refractivity contribution in [2.45, 2.75) is 39.3 Å². The van der Waals surface area contributed by atoms with Gasteiger partial charge in [-0.15, -0.1) is 0 Å². The van der Waals surface area contributed by atoms with E-state index in [2.05, 4.69) is 43.0 Å². The lowest BCUT2D eigenvalue weighted by atomic mass is 10.0. The molecule has 0 saturated carbocycles. The topological polar surface area (TPSA) is 23.5 Å². The molecule has 1 aromatic carbocycles. The van der Waals surface area contributed by atoms with Crippen LogP contribution >= 0.6 is 0 Å². The van der Waals surface area contributed by atoms with Gasteiger partial charge in [0.05, 0.1) is 6.10 Å². The Kier molecular flexibility index (Phi) is 4.19. The van der Waals surface area contributed by atoms with Crippen molar-refractivity contribution in [3.63, 3.8) is 0 Å². The molecule has 0 fully saturated rings. The molecule has 1 atom stereocenters. The van der Waals surface area contributed by atoms with Crippen LogP contribution in [0.15, 0.2) is 24.3 Å². The number of β-amino-alcohol motifs (C(OH)–C–C–N with tert-alkyl or cyclic N) is 1. The van der Waals surface area contributed by atoms with Gasteiger partial charge in [0, 0.05) is 13.1 Å². The Morgan fingerprint density at radius 3 is 2.65 bits per heavy atom. The molecule has 1 N–H and O–H groups in total. The molecule has 1 unspecified atom stereocenters. The first-order valence-electron chi connectivity index (χ1n) is 6.64. The third-order valence-corrected chi connectivity index (χ3v) is 3.65. The number of hydrogen-bond acceptors (Lipinski definition) is 2. The lowest BCUT2D eigenvalue weighted by molar-refractivity contribution is 0.0738. The van der Waals surface area contributed by atoms with Crippen molar-refractivity contribution in [1.29, 1.82) is 0 Å². The largest absolute Gasteiger partial charge is 0.392 e. The van der Waals surface area contributed by atoms with Gasteiger partial charge in [-0.3, -0.25) is 4.90 Å². The van der Waals surface area contributed by atoms with Crippen molar-refractivity contribution in [1.82, 2.24) is 4.90 Å². The summed E-state index contributed by atoms with van der Waals surface area (Å²) in [6.45, 7) is 7.04. The van der Waals surface area contributed by atoms with Crippen molar-refractivity contribution in [3.8, 4) is 0 Å². The van der Waals surface area contributed by atoms with Crippen molar-refractivity contribution in [2.24, 2.45) is 5.92 Å². The molecule has 2 rings (SSSR count). The Balaban J connectivity index is 2.03. The predicted molar refractivity (Wildman–Crippen MR) is 70.9 cm³/mol. The Hall–Kier alpha value is -0.860. The average molecular weight is 233 g/mol. The summed E-state index contributed by atoms with van der Waals surface area (Å²) in [5.41, 5.74) is 2.91. The molecule has 94 valence electrons. The fraction of sp³-hybridized carbons (Fsp3) is 0.600. The maximum atomic E-state index is 9.98. The summed E-state index contributed by atoms with van der Waals surface area (Å²) in [6, 6.07) is 8.69. The summed E-state index contributed by atoms with van der Waals surface area (Å²) in [7, 11) is 0. The van der Waals surface area contributed by atoms with Crippen LogP contribution in [0.3, 0.4) is 0 Å². The zero-order chi connectivity index (χ0) is 12.3. The molecule has 0 aliphatic carbocycles. The van der Waals surface area contributed by atoms with E-state index in [0.717, 1.165) is 19.6 Å². The minimum atomic E-state index is -0.208. The van der Waals surface area contributed by atoms with Crippen LogP contribution in [0, 0.1) is 5.92 Å². The second-order valence-corrected chi connectivity index (χ2v) is 5.42. The zero-order valence-corrected chi connectivity index (χ0v) is 10.9. The maximum absolute atomic E-state index is 9.98. The summed E-state index contributed by atoms with van der Waals surface area (Å²) in [6.07, 6.45) is 2.16. The minimum absolute atomic E-state index is 0.208. The van der Waals surface area contributed by atoms with Gasteiger partial charge in [0.15, 0.2) is 0 Å². The molecule has 1 heterocycles. The first-order valence-corrected chi connectivity index (χ1v) is 6.64. The Morgan fingerprint density at radius 1 is 1.24 bits per heavy atom. The average Bonchev–Trinajstić information content (AvgIpc) is 2.50. The molecule has 2 nitrogen and oxygen atoms in total.